The molecule has 0 aliphatic carbocycles. The van der Waals surface area contributed by atoms with E-state index in [9.17, 15) is 4.79 Å². The molecule has 0 unspecified atom stereocenters. The molecule has 0 atom stereocenters. The predicted octanol–water partition coefficient (Wildman–Crippen LogP) is 1.95. The van der Waals surface area contributed by atoms with Gasteiger partial charge in [-0.1, -0.05) is 12.1 Å². The number of hydrogen-bond acceptors (Lipinski definition) is 6. The Bertz CT molecular complexity index is 1150. The maximum Gasteiger partial charge on any atom is 0.272 e. The molecule has 0 aliphatic heterocycles. The summed E-state index contributed by atoms with van der Waals surface area (Å²) < 4.78 is 3.49. The molecule has 0 spiro atoms. The van der Waals surface area contributed by atoms with E-state index in [1.165, 1.54) is 0 Å². The smallest absolute Gasteiger partial charge is 0.272 e. The molecule has 0 bridgehead atoms. The normalized spacial score (nSPS) is 11.3. The first-order valence-corrected chi connectivity index (χ1v) is 8.52. The molecule has 1 aromatic carbocycles. The Kier molecular flexibility index (Phi) is 4.08. The SMILES string of the molecule is Cc1nc2ccccc2n(CCCNc2ccc3nnc(C)n3n2)c1=O. The Labute approximate surface area is 149 Å². The molecule has 8 nitrogen and oxygen atoms in total. The molecule has 0 saturated heterocycles. The van der Waals surface area contributed by atoms with Gasteiger partial charge in [0.25, 0.3) is 5.56 Å². The Morgan fingerprint density at radius 3 is 2.81 bits per heavy atom. The monoisotopic (exact) mass is 349 g/mol. The van der Waals surface area contributed by atoms with Crippen molar-refractivity contribution in [2.24, 2.45) is 0 Å². The molecular formula is C18H19N7O. The fraction of sp³-hybridized carbons (Fsp3) is 0.278. The van der Waals surface area contributed by atoms with E-state index in [0.717, 1.165) is 34.7 Å². The predicted molar refractivity (Wildman–Crippen MR) is 99.4 cm³/mol. The highest BCUT2D eigenvalue weighted by atomic mass is 16.1. The maximum atomic E-state index is 12.5. The van der Waals surface area contributed by atoms with Gasteiger partial charge in [-0.25, -0.2) is 4.98 Å². The van der Waals surface area contributed by atoms with E-state index >= 15 is 0 Å². The largest absolute Gasteiger partial charge is 0.369 e. The summed E-state index contributed by atoms with van der Waals surface area (Å²) >= 11 is 0. The molecule has 0 fully saturated rings. The fourth-order valence-electron chi connectivity index (χ4n) is 2.99. The highest BCUT2D eigenvalue weighted by Gasteiger charge is 2.07. The highest BCUT2D eigenvalue weighted by Crippen LogP contribution is 2.11. The van der Waals surface area contributed by atoms with Crippen LogP contribution in [0.1, 0.15) is 17.9 Å². The number of hydrogen-bond donors (Lipinski definition) is 1. The summed E-state index contributed by atoms with van der Waals surface area (Å²) in [5, 5.41) is 15.8. The van der Waals surface area contributed by atoms with Crippen LogP contribution in [0, 0.1) is 13.8 Å². The first-order valence-electron chi connectivity index (χ1n) is 8.52. The lowest BCUT2D eigenvalue weighted by molar-refractivity contribution is 0.652. The Morgan fingerprint density at radius 1 is 1.08 bits per heavy atom. The molecule has 0 radical (unpaired) electrons. The number of fused-ring (bicyclic) bond motifs is 2. The van der Waals surface area contributed by atoms with Crippen LogP contribution in [0.4, 0.5) is 5.82 Å². The third kappa shape index (κ3) is 2.90. The van der Waals surface area contributed by atoms with Gasteiger partial charge in [-0.2, -0.15) is 4.52 Å². The second-order valence-electron chi connectivity index (χ2n) is 6.16. The first-order chi connectivity index (χ1) is 12.6. The van der Waals surface area contributed by atoms with Gasteiger partial charge < -0.3 is 9.88 Å². The number of nitrogens with one attached hydrogen (secondary N) is 1. The fourth-order valence-corrected chi connectivity index (χ4v) is 2.99. The number of para-hydroxylation sites is 2. The zero-order valence-corrected chi connectivity index (χ0v) is 14.7. The van der Waals surface area contributed by atoms with Crippen molar-refractivity contribution in [3.8, 4) is 0 Å². The quantitative estimate of drug-likeness (QED) is 0.554. The number of rotatable bonds is 5. The van der Waals surface area contributed by atoms with Gasteiger partial charge >= 0.3 is 0 Å². The summed E-state index contributed by atoms with van der Waals surface area (Å²) in [6.07, 6.45) is 0.786. The lowest BCUT2D eigenvalue weighted by Crippen LogP contribution is -2.25. The zero-order valence-electron chi connectivity index (χ0n) is 14.7. The second-order valence-corrected chi connectivity index (χ2v) is 6.16. The highest BCUT2D eigenvalue weighted by molar-refractivity contribution is 5.74. The molecule has 132 valence electrons. The van der Waals surface area contributed by atoms with Crippen LogP contribution in [0.2, 0.25) is 0 Å². The Morgan fingerprint density at radius 2 is 1.92 bits per heavy atom. The molecular weight excluding hydrogens is 330 g/mol. The minimum atomic E-state index is -0.0386. The number of nitrogens with zero attached hydrogens (tertiary/aromatic N) is 6. The van der Waals surface area contributed by atoms with Crippen molar-refractivity contribution >= 4 is 22.5 Å². The van der Waals surface area contributed by atoms with Crippen molar-refractivity contribution in [2.75, 3.05) is 11.9 Å². The summed E-state index contributed by atoms with van der Waals surface area (Å²) in [6, 6.07) is 11.5. The van der Waals surface area contributed by atoms with E-state index in [1.54, 1.807) is 16.0 Å². The molecule has 0 amide bonds. The lowest BCUT2D eigenvalue weighted by Gasteiger charge is -2.11. The van der Waals surface area contributed by atoms with Gasteiger partial charge in [0.15, 0.2) is 11.5 Å². The third-order valence-corrected chi connectivity index (χ3v) is 4.30. The summed E-state index contributed by atoms with van der Waals surface area (Å²) in [5.74, 6) is 1.50. The van der Waals surface area contributed by atoms with Gasteiger partial charge in [0.1, 0.15) is 11.5 Å². The molecule has 26 heavy (non-hydrogen) atoms. The van der Waals surface area contributed by atoms with E-state index in [1.807, 2.05) is 43.3 Å². The van der Waals surface area contributed by atoms with Gasteiger partial charge in [0.2, 0.25) is 0 Å². The van der Waals surface area contributed by atoms with Crippen LogP contribution in [0.5, 0.6) is 0 Å². The second kappa shape index (κ2) is 6.55. The van der Waals surface area contributed by atoms with E-state index < -0.39 is 0 Å². The average Bonchev–Trinajstić information content (AvgIpc) is 3.02. The number of benzene rings is 1. The maximum absolute atomic E-state index is 12.5. The van der Waals surface area contributed by atoms with Crippen LogP contribution in [0.3, 0.4) is 0 Å². The van der Waals surface area contributed by atoms with Crippen LogP contribution in [-0.2, 0) is 6.54 Å². The van der Waals surface area contributed by atoms with Crippen molar-refractivity contribution in [2.45, 2.75) is 26.8 Å². The molecule has 3 aromatic heterocycles. The van der Waals surface area contributed by atoms with Crippen molar-refractivity contribution in [3.05, 3.63) is 58.3 Å². The van der Waals surface area contributed by atoms with E-state index in [0.29, 0.717) is 18.8 Å². The minimum Gasteiger partial charge on any atom is -0.369 e. The van der Waals surface area contributed by atoms with Crippen LogP contribution in [0.25, 0.3) is 16.7 Å². The van der Waals surface area contributed by atoms with Crippen LogP contribution >= 0.6 is 0 Å². The number of anilines is 1. The van der Waals surface area contributed by atoms with Gasteiger partial charge in [-0.05, 0) is 44.5 Å². The minimum absolute atomic E-state index is 0.0386. The summed E-state index contributed by atoms with van der Waals surface area (Å²) in [7, 11) is 0. The first kappa shape index (κ1) is 16.2. The molecule has 0 saturated carbocycles. The van der Waals surface area contributed by atoms with Crippen LogP contribution in [-0.4, -0.2) is 35.9 Å². The number of aromatic nitrogens is 6. The van der Waals surface area contributed by atoms with Crippen molar-refractivity contribution in [1.82, 2.24) is 29.4 Å². The standard InChI is InChI=1S/C18H19N7O/c1-12-18(26)24(15-7-4-3-6-14(15)20-12)11-5-10-19-16-8-9-17-22-21-13(2)25(17)23-16/h3-4,6-9H,5,10-11H2,1-2H3,(H,19,23). The lowest BCUT2D eigenvalue weighted by atomic mass is 10.2. The van der Waals surface area contributed by atoms with Gasteiger partial charge in [-0.3, -0.25) is 4.79 Å². The van der Waals surface area contributed by atoms with E-state index in [4.69, 9.17) is 0 Å². The molecule has 8 heteroatoms. The van der Waals surface area contributed by atoms with Gasteiger partial charge in [0.05, 0.1) is 11.0 Å². The van der Waals surface area contributed by atoms with Crippen LogP contribution < -0.4 is 10.9 Å². The molecule has 4 aromatic rings. The summed E-state index contributed by atoms with van der Waals surface area (Å²) in [5.41, 5.74) is 2.91. The Hall–Kier alpha value is -3.29. The Balaban J connectivity index is 1.48. The molecule has 0 aliphatic rings. The van der Waals surface area contributed by atoms with Gasteiger partial charge in [0, 0.05) is 13.1 Å². The topological polar surface area (TPSA) is 90.0 Å². The van der Waals surface area contributed by atoms with Crippen LogP contribution in [0.15, 0.2) is 41.2 Å². The molecule has 3 heterocycles. The van der Waals surface area contributed by atoms with Crippen molar-refractivity contribution in [3.63, 3.8) is 0 Å². The van der Waals surface area contributed by atoms with E-state index in [-0.39, 0.29) is 5.56 Å². The molecule has 1 N–H and O–H groups in total. The van der Waals surface area contributed by atoms with Gasteiger partial charge in [-0.15, -0.1) is 15.3 Å². The summed E-state index contributed by atoms with van der Waals surface area (Å²) in [4.78, 5) is 16.8. The molecule has 4 rings (SSSR count). The summed E-state index contributed by atoms with van der Waals surface area (Å²) in [6.45, 7) is 4.93. The van der Waals surface area contributed by atoms with Crippen molar-refractivity contribution in [1.29, 1.82) is 0 Å². The van der Waals surface area contributed by atoms with E-state index in [2.05, 4.69) is 25.6 Å². The number of aryl methyl sites for hydroxylation is 3. The van der Waals surface area contributed by atoms with Crippen molar-refractivity contribution < 1.29 is 0 Å². The average molecular weight is 349 g/mol. The third-order valence-electron chi connectivity index (χ3n) is 4.30. The zero-order chi connectivity index (χ0) is 18.1.